The van der Waals surface area contributed by atoms with Crippen molar-refractivity contribution in [1.82, 2.24) is 0 Å². The first-order valence-electron chi connectivity index (χ1n) is 5.88. The van der Waals surface area contributed by atoms with Gasteiger partial charge in [-0.25, -0.2) is 17.6 Å². The molecule has 0 saturated heterocycles. The molecule has 0 saturated carbocycles. The van der Waals surface area contributed by atoms with Gasteiger partial charge in [0.1, 0.15) is 18.2 Å². The number of hydrogen-bond donors (Lipinski definition) is 1. The van der Waals surface area contributed by atoms with Gasteiger partial charge in [0, 0.05) is 17.4 Å². The van der Waals surface area contributed by atoms with Crippen molar-refractivity contribution in [2.75, 3.05) is 18.1 Å². The summed E-state index contributed by atoms with van der Waals surface area (Å²) in [6.45, 7) is 1.46. The summed E-state index contributed by atoms with van der Waals surface area (Å²) in [6, 6.07) is 3.60. The van der Waals surface area contributed by atoms with Crippen LogP contribution in [0.4, 0.5) is 4.39 Å². The van der Waals surface area contributed by atoms with Gasteiger partial charge in [0.15, 0.2) is 9.84 Å². The highest BCUT2D eigenvalue weighted by atomic mass is 32.2. The van der Waals surface area contributed by atoms with Crippen molar-refractivity contribution in [3.63, 3.8) is 0 Å². The maximum absolute atomic E-state index is 13.1. The summed E-state index contributed by atoms with van der Waals surface area (Å²) in [4.78, 5) is 10.5. The molecule has 0 amide bonds. The fourth-order valence-electron chi connectivity index (χ4n) is 1.37. The summed E-state index contributed by atoms with van der Waals surface area (Å²) < 4.78 is 41.0. The minimum absolute atomic E-state index is 0.0194. The highest BCUT2D eigenvalue weighted by molar-refractivity contribution is 7.91. The van der Waals surface area contributed by atoms with Crippen LogP contribution in [-0.2, 0) is 14.6 Å². The molecular weight excluding hydrogens is 287 g/mol. The number of halogens is 1. The highest BCUT2D eigenvalue weighted by Crippen LogP contribution is 2.21. The van der Waals surface area contributed by atoms with Gasteiger partial charge in [0.2, 0.25) is 0 Å². The van der Waals surface area contributed by atoms with Gasteiger partial charge in [-0.2, -0.15) is 0 Å². The van der Waals surface area contributed by atoms with Crippen molar-refractivity contribution < 1.29 is 27.4 Å². The van der Waals surface area contributed by atoms with Crippen LogP contribution < -0.4 is 4.74 Å². The summed E-state index contributed by atoms with van der Waals surface area (Å²) in [6.07, 6.45) is 2.04. The summed E-state index contributed by atoms with van der Waals surface area (Å²) >= 11 is 0. The van der Waals surface area contributed by atoms with Crippen molar-refractivity contribution in [2.24, 2.45) is 0 Å². The van der Waals surface area contributed by atoms with Gasteiger partial charge in [0.05, 0.1) is 5.75 Å². The summed E-state index contributed by atoms with van der Waals surface area (Å²) in [7, 11) is -3.15. The second kappa shape index (κ2) is 7.04. The molecule has 1 aromatic carbocycles. The van der Waals surface area contributed by atoms with Gasteiger partial charge in [0.25, 0.3) is 0 Å². The van der Waals surface area contributed by atoms with Crippen LogP contribution in [0.2, 0.25) is 0 Å². The third kappa shape index (κ3) is 5.40. The molecule has 1 aromatic rings. The van der Waals surface area contributed by atoms with E-state index < -0.39 is 21.6 Å². The van der Waals surface area contributed by atoms with E-state index in [4.69, 9.17) is 9.84 Å². The Hall–Kier alpha value is -1.89. The van der Waals surface area contributed by atoms with Crippen molar-refractivity contribution in [3.05, 3.63) is 35.7 Å². The molecule has 7 heteroatoms. The highest BCUT2D eigenvalue weighted by Gasteiger charge is 2.09. The van der Waals surface area contributed by atoms with E-state index >= 15 is 0 Å². The van der Waals surface area contributed by atoms with Crippen LogP contribution in [0.25, 0.3) is 6.08 Å². The SMILES string of the molecule is CCS(=O)(=O)CCOc1ccc(F)cc1/C=C/C(=O)O. The van der Waals surface area contributed by atoms with Crippen molar-refractivity contribution in [2.45, 2.75) is 6.92 Å². The average Bonchev–Trinajstić information content (AvgIpc) is 2.38. The third-order valence-electron chi connectivity index (χ3n) is 2.47. The number of aliphatic carboxylic acids is 1. The van der Waals surface area contributed by atoms with Crippen molar-refractivity contribution in [3.8, 4) is 5.75 Å². The normalized spacial score (nSPS) is 11.7. The average molecular weight is 302 g/mol. The van der Waals surface area contributed by atoms with Crippen LogP contribution in [0.15, 0.2) is 24.3 Å². The predicted molar refractivity (Wildman–Crippen MR) is 72.9 cm³/mol. The molecule has 0 heterocycles. The second-order valence-electron chi connectivity index (χ2n) is 3.94. The lowest BCUT2D eigenvalue weighted by Crippen LogP contribution is -2.15. The lowest BCUT2D eigenvalue weighted by molar-refractivity contribution is -0.131. The molecule has 0 aliphatic carbocycles. The molecule has 0 aliphatic heterocycles. The summed E-state index contributed by atoms with van der Waals surface area (Å²) in [5.41, 5.74) is 0.237. The zero-order valence-electron chi connectivity index (χ0n) is 10.9. The fraction of sp³-hybridized carbons (Fsp3) is 0.308. The Kier molecular flexibility index (Phi) is 5.69. The maximum atomic E-state index is 13.1. The molecule has 0 atom stereocenters. The van der Waals surface area contributed by atoms with Crippen molar-refractivity contribution in [1.29, 1.82) is 0 Å². The monoisotopic (exact) mass is 302 g/mol. The van der Waals surface area contributed by atoms with Gasteiger partial charge in [-0.3, -0.25) is 0 Å². The quantitative estimate of drug-likeness (QED) is 0.776. The van der Waals surface area contributed by atoms with E-state index in [0.29, 0.717) is 0 Å². The molecule has 20 heavy (non-hydrogen) atoms. The topological polar surface area (TPSA) is 80.7 Å². The zero-order valence-corrected chi connectivity index (χ0v) is 11.7. The van der Waals surface area contributed by atoms with Crippen LogP contribution in [-0.4, -0.2) is 37.6 Å². The maximum Gasteiger partial charge on any atom is 0.328 e. The number of sulfone groups is 1. The van der Waals surface area contributed by atoms with Gasteiger partial charge >= 0.3 is 5.97 Å². The zero-order chi connectivity index (χ0) is 15.2. The lowest BCUT2D eigenvalue weighted by Gasteiger charge is -2.09. The molecule has 110 valence electrons. The Balaban J connectivity index is 2.81. The van der Waals surface area contributed by atoms with Gasteiger partial charge in [-0.05, 0) is 24.3 Å². The first kappa shape index (κ1) is 16.2. The van der Waals surface area contributed by atoms with Crippen LogP contribution in [0.1, 0.15) is 12.5 Å². The molecule has 0 bridgehead atoms. The smallest absolute Gasteiger partial charge is 0.328 e. The van der Waals surface area contributed by atoms with E-state index in [1.54, 1.807) is 0 Å². The molecule has 0 aliphatic rings. The molecule has 0 unspecified atom stereocenters. The largest absolute Gasteiger partial charge is 0.492 e. The summed E-state index contributed by atoms with van der Waals surface area (Å²) in [5.74, 6) is -1.61. The van der Waals surface area contributed by atoms with Crippen LogP contribution in [0, 0.1) is 5.82 Å². The Morgan fingerprint density at radius 1 is 1.45 bits per heavy atom. The van der Waals surface area contributed by atoms with Crippen molar-refractivity contribution >= 4 is 21.9 Å². The summed E-state index contributed by atoms with van der Waals surface area (Å²) in [5, 5.41) is 8.55. The number of carbonyl (C=O) groups is 1. The number of hydrogen-bond acceptors (Lipinski definition) is 4. The van der Waals surface area contributed by atoms with Crippen LogP contribution in [0.3, 0.4) is 0 Å². The number of benzene rings is 1. The van der Waals surface area contributed by atoms with Crippen LogP contribution >= 0.6 is 0 Å². The minimum atomic E-state index is -3.15. The molecule has 0 aromatic heterocycles. The molecule has 0 radical (unpaired) electrons. The minimum Gasteiger partial charge on any atom is -0.492 e. The number of carboxylic acid groups (broad SMARTS) is 1. The molecular formula is C13H15FO5S. The van der Waals surface area contributed by atoms with Gasteiger partial charge < -0.3 is 9.84 Å². The molecule has 1 rings (SSSR count). The molecule has 1 N–H and O–H groups in total. The van der Waals surface area contributed by atoms with Crippen LogP contribution in [0.5, 0.6) is 5.75 Å². The number of carboxylic acids is 1. The van der Waals surface area contributed by atoms with Gasteiger partial charge in [-0.1, -0.05) is 6.92 Å². The molecule has 0 spiro atoms. The Labute approximate surface area is 116 Å². The second-order valence-corrected chi connectivity index (χ2v) is 6.41. The predicted octanol–water partition coefficient (Wildman–Crippen LogP) is 1.74. The number of rotatable bonds is 7. The Morgan fingerprint density at radius 2 is 2.15 bits per heavy atom. The van der Waals surface area contributed by atoms with E-state index in [9.17, 15) is 17.6 Å². The van der Waals surface area contributed by atoms with E-state index in [1.807, 2.05) is 0 Å². The van der Waals surface area contributed by atoms with E-state index in [2.05, 4.69) is 0 Å². The van der Waals surface area contributed by atoms with E-state index in [1.165, 1.54) is 19.1 Å². The van der Waals surface area contributed by atoms with Gasteiger partial charge in [-0.15, -0.1) is 0 Å². The van der Waals surface area contributed by atoms with E-state index in [-0.39, 0.29) is 29.4 Å². The van der Waals surface area contributed by atoms with E-state index in [0.717, 1.165) is 18.2 Å². The first-order valence-corrected chi connectivity index (χ1v) is 7.70. The standard InChI is InChI=1S/C13H15FO5S/c1-2-20(17,18)8-7-19-12-5-4-11(14)9-10(12)3-6-13(15)16/h3-6,9H,2,7-8H2,1H3,(H,15,16)/b6-3+. The lowest BCUT2D eigenvalue weighted by atomic mass is 10.2. The first-order chi connectivity index (χ1) is 9.34. The third-order valence-corrected chi connectivity index (χ3v) is 4.14. The Bertz CT molecular complexity index is 607. The molecule has 0 fully saturated rings. The Morgan fingerprint density at radius 3 is 2.75 bits per heavy atom. The molecule has 5 nitrogen and oxygen atoms in total. The fourth-order valence-corrected chi connectivity index (χ4v) is 1.99. The number of ether oxygens (including phenoxy) is 1.